The Bertz CT molecular complexity index is 659. The summed E-state index contributed by atoms with van der Waals surface area (Å²) in [5.74, 6) is 0.428. The molecule has 2 aromatic rings. The number of methoxy groups -OCH3 is 1. The van der Waals surface area contributed by atoms with Gasteiger partial charge >= 0.3 is 5.97 Å². The summed E-state index contributed by atoms with van der Waals surface area (Å²) in [6.45, 7) is 1.04. The molecule has 0 radical (unpaired) electrons. The van der Waals surface area contributed by atoms with Gasteiger partial charge in [-0.15, -0.1) is 0 Å². The van der Waals surface area contributed by atoms with E-state index in [4.69, 9.17) is 10.5 Å². The summed E-state index contributed by atoms with van der Waals surface area (Å²) in [4.78, 5) is 16.4. The normalized spacial score (nSPS) is 18.8. The van der Waals surface area contributed by atoms with E-state index >= 15 is 0 Å². The van der Waals surface area contributed by atoms with Crippen LogP contribution in [0, 0.1) is 0 Å². The number of hydrogen-bond donors (Lipinski definition) is 2. The largest absolute Gasteiger partial charge is 0.464 e. The maximum absolute atomic E-state index is 11.9. The van der Waals surface area contributed by atoms with Crippen LogP contribution in [0.5, 0.6) is 0 Å². The fourth-order valence-corrected chi connectivity index (χ4v) is 2.87. The Morgan fingerprint density at radius 3 is 3.10 bits per heavy atom. The lowest BCUT2D eigenvalue weighted by molar-refractivity contribution is 0.0596. The molecule has 1 fully saturated rings. The first kappa shape index (κ1) is 13.9. The summed E-state index contributed by atoms with van der Waals surface area (Å²) < 4.78 is 6.72. The first-order chi connectivity index (χ1) is 10.2. The Morgan fingerprint density at radius 2 is 2.38 bits per heavy atom. The van der Waals surface area contributed by atoms with Gasteiger partial charge in [0.05, 0.1) is 12.6 Å². The summed E-state index contributed by atoms with van der Waals surface area (Å²) in [5.41, 5.74) is 7.60. The van der Waals surface area contributed by atoms with Crippen LogP contribution in [0.15, 0.2) is 18.3 Å². The maximum atomic E-state index is 11.9. The summed E-state index contributed by atoms with van der Waals surface area (Å²) in [7, 11) is 1.37. The average molecular weight is 288 g/mol. The molecule has 0 bridgehead atoms. The van der Waals surface area contributed by atoms with Gasteiger partial charge in [-0.2, -0.15) is 0 Å². The third kappa shape index (κ3) is 2.71. The van der Waals surface area contributed by atoms with E-state index < -0.39 is 5.97 Å². The number of aromatic nitrogens is 2. The second-order valence-electron chi connectivity index (χ2n) is 5.44. The minimum absolute atomic E-state index is 0.350. The lowest BCUT2D eigenvalue weighted by Crippen LogP contribution is -2.36. The number of pyridine rings is 1. The van der Waals surface area contributed by atoms with Crippen LogP contribution in [0.2, 0.25) is 0 Å². The van der Waals surface area contributed by atoms with Gasteiger partial charge in [0.25, 0.3) is 0 Å². The second-order valence-corrected chi connectivity index (χ2v) is 5.44. The number of imidazole rings is 1. The Morgan fingerprint density at radius 1 is 1.52 bits per heavy atom. The van der Waals surface area contributed by atoms with Crippen molar-refractivity contribution in [2.45, 2.75) is 31.7 Å². The third-order valence-corrected chi connectivity index (χ3v) is 3.95. The zero-order valence-corrected chi connectivity index (χ0v) is 12.1. The van der Waals surface area contributed by atoms with Crippen molar-refractivity contribution < 1.29 is 9.53 Å². The number of fused-ring (bicyclic) bond motifs is 1. The molecule has 1 atom stereocenters. The van der Waals surface area contributed by atoms with Gasteiger partial charge in [0.2, 0.25) is 0 Å². The van der Waals surface area contributed by atoms with Crippen LogP contribution in [0.4, 0.5) is 5.69 Å². The molecule has 0 amide bonds. The highest BCUT2D eigenvalue weighted by molar-refractivity contribution is 5.95. The van der Waals surface area contributed by atoms with Crippen LogP contribution >= 0.6 is 0 Å². The van der Waals surface area contributed by atoms with Gasteiger partial charge in [0, 0.05) is 24.3 Å². The molecule has 0 saturated carbocycles. The van der Waals surface area contributed by atoms with E-state index in [1.165, 1.54) is 20.0 Å². The molecule has 0 aromatic carbocycles. The van der Waals surface area contributed by atoms with Gasteiger partial charge in [0.15, 0.2) is 5.69 Å². The molecule has 3 rings (SSSR count). The highest BCUT2D eigenvalue weighted by Crippen LogP contribution is 2.19. The second kappa shape index (κ2) is 5.73. The zero-order valence-electron chi connectivity index (χ0n) is 12.1. The maximum Gasteiger partial charge on any atom is 0.358 e. The monoisotopic (exact) mass is 288 g/mol. The molecule has 112 valence electrons. The predicted molar refractivity (Wildman–Crippen MR) is 80.3 cm³/mol. The van der Waals surface area contributed by atoms with Crippen molar-refractivity contribution in [3.63, 3.8) is 0 Å². The lowest BCUT2D eigenvalue weighted by Gasteiger charge is -2.22. The molecule has 6 nitrogen and oxygen atoms in total. The van der Waals surface area contributed by atoms with Crippen LogP contribution in [-0.4, -0.2) is 35.1 Å². The Balaban J connectivity index is 2.00. The van der Waals surface area contributed by atoms with Crippen LogP contribution < -0.4 is 11.1 Å². The molecule has 1 saturated heterocycles. The fourth-order valence-electron chi connectivity index (χ4n) is 2.87. The van der Waals surface area contributed by atoms with Crippen LogP contribution in [0.25, 0.3) is 5.52 Å². The Hall–Kier alpha value is -2.08. The summed E-state index contributed by atoms with van der Waals surface area (Å²) in [5, 5.41) is 3.50. The molecule has 1 aliphatic heterocycles. The zero-order chi connectivity index (χ0) is 14.8. The molecule has 21 heavy (non-hydrogen) atoms. The molecule has 1 unspecified atom stereocenters. The lowest BCUT2D eigenvalue weighted by atomic mass is 10.0. The van der Waals surface area contributed by atoms with E-state index in [9.17, 15) is 4.79 Å². The van der Waals surface area contributed by atoms with Gasteiger partial charge in [-0.25, -0.2) is 9.78 Å². The highest BCUT2D eigenvalue weighted by atomic mass is 16.5. The van der Waals surface area contributed by atoms with E-state index in [1.807, 2.05) is 16.7 Å². The standard InChI is InChI=1S/C15H20N4O2/c1-21-15(20)14-12-6-5-10(16)9-19(12)13(18-14)8-11-4-2-3-7-17-11/h5-6,9,11,17H,2-4,7-8,16H2,1H3. The number of hydrogen-bond acceptors (Lipinski definition) is 5. The topological polar surface area (TPSA) is 81.6 Å². The number of piperidine rings is 1. The molecular formula is C15H20N4O2. The minimum Gasteiger partial charge on any atom is -0.464 e. The number of rotatable bonds is 3. The van der Waals surface area contributed by atoms with Crippen molar-refractivity contribution >= 4 is 17.2 Å². The van der Waals surface area contributed by atoms with E-state index in [0.29, 0.717) is 17.4 Å². The van der Waals surface area contributed by atoms with Crippen molar-refractivity contribution in [3.8, 4) is 0 Å². The summed E-state index contributed by atoms with van der Waals surface area (Å²) in [6, 6.07) is 3.98. The Labute approximate surface area is 123 Å². The number of nitrogens with two attached hydrogens (primary N) is 1. The van der Waals surface area contributed by atoms with Crippen LogP contribution in [0.3, 0.4) is 0 Å². The summed E-state index contributed by atoms with van der Waals surface area (Å²) >= 11 is 0. The van der Waals surface area contributed by atoms with E-state index in [0.717, 1.165) is 30.7 Å². The third-order valence-electron chi connectivity index (χ3n) is 3.95. The van der Waals surface area contributed by atoms with Crippen molar-refractivity contribution in [3.05, 3.63) is 29.8 Å². The quantitative estimate of drug-likeness (QED) is 0.834. The number of anilines is 1. The molecule has 6 heteroatoms. The first-order valence-corrected chi connectivity index (χ1v) is 7.27. The first-order valence-electron chi connectivity index (χ1n) is 7.27. The highest BCUT2D eigenvalue weighted by Gasteiger charge is 2.21. The van der Waals surface area contributed by atoms with Crippen molar-refractivity contribution in [1.29, 1.82) is 0 Å². The number of carbonyl (C=O) groups excluding carboxylic acids is 1. The van der Waals surface area contributed by atoms with E-state index in [2.05, 4.69) is 10.3 Å². The molecule has 3 N–H and O–H groups in total. The number of nitrogens with zero attached hydrogens (tertiary/aromatic N) is 2. The molecule has 0 spiro atoms. The van der Waals surface area contributed by atoms with E-state index in [-0.39, 0.29) is 0 Å². The number of esters is 1. The number of carbonyl (C=O) groups is 1. The fraction of sp³-hybridized carbons (Fsp3) is 0.467. The number of nitrogens with one attached hydrogen (secondary N) is 1. The van der Waals surface area contributed by atoms with Crippen LogP contribution in [-0.2, 0) is 11.2 Å². The molecule has 0 aliphatic carbocycles. The molecule has 2 aromatic heterocycles. The van der Waals surface area contributed by atoms with Gasteiger partial charge in [-0.1, -0.05) is 6.42 Å². The predicted octanol–water partition coefficient (Wildman–Crippen LogP) is 1.39. The van der Waals surface area contributed by atoms with Crippen molar-refractivity contribution in [2.24, 2.45) is 0 Å². The molecule has 3 heterocycles. The van der Waals surface area contributed by atoms with Gasteiger partial charge in [-0.05, 0) is 31.5 Å². The van der Waals surface area contributed by atoms with Crippen molar-refractivity contribution in [1.82, 2.24) is 14.7 Å². The Kier molecular flexibility index (Phi) is 3.79. The van der Waals surface area contributed by atoms with Gasteiger partial charge in [-0.3, -0.25) is 0 Å². The number of ether oxygens (including phenoxy) is 1. The SMILES string of the molecule is COC(=O)c1nc(CC2CCCCN2)n2cc(N)ccc12. The average Bonchev–Trinajstić information content (AvgIpc) is 2.85. The van der Waals surface area contributed by atoms with Crippen molar-refractivity contribution in [2.75, 3.05) is 19.4 Å². The molecule has 1 aliphatic rings. The van der Waals surface area contributed by atoms with Gasteiger partial charge < -0.3 is 20.2 Å². The number of nitrogen functional groups attached to an aromatic ring is 1. The smallest absolute Gasteiger partial charge is 0.358 e. The minimum atomic E-state index is -0.417. The van der Waals surface area contributed by atoms with E-state index in [1.54, 1.807) is 6.07 Å². The van der Waals surface area contributed by atoms with Gasteiger partial charge in [0.1, 0.15) is 5.82 Å². The van der Waals surface area contributed by atoms with Crippen LogP contribution in [0.1, 0.15) is 35.6 Å². The summed E-state index contributed by atoms with van der Waals surface area (Å²) in [6.07, 6.45) is 6.17. The molecular weight excluding hydrogens is 268 g/mol.